The minimum atomic E-state index is 0.0634. The zero-order chi connectivity index (χ0) is 15.4. The molecule has 1 aromatic rings. The monoisotopic (exact) mass is 353 g/mol. The maximum atomic E-state index is 12.0. The van der Waals surface area contributed by atoms with Gasteiger partial charge < -0.3 is 15.1 Å². The second kappa shape index (κ2) is 7.16. The molecule has 116 valence electrons. The molecular formula is C16H24BrN3O. The van der Waals surface area contributed by atoms with Gasteiger partial charge in [-0.15, -0.1) is 0 Å². The van der Waals surface area contributed by atoms with Gasteiger partial charge in [0.15, 0.2) is 0 Å². The summed E-state index contributed by atoms with van der Waals surface area (Å²) in [6.07, 6.45) is 0. The number of anilines is 1. The summed E-state index contributed by atoms with van der Waals surface area (Å²) in [5, 5.41) is 2.98. The van der Waals surface area contributed by atoms with Crippen molar-refractivity contribution < 1.29 is 4.79 Å². The summed E-state index contributed by atoms with van der Waals surface area (Å²) in [5.41, 5.74) is 2.46. The van der Waals surface area contributed by atoms with Crippen LogP contribution in [0.2, 0.25) is 0 Å². The lowest BCUT2D eigenvalue weighted by atomic mass is 10.2. The van der Waals surface area contributed by atoms with Gasteiger partial charge in [0.1, 0.15) is 0 Å². The number of piperazine rings is 1. The number of hydrogen-bond acceptors (Lipinski definition) is 2. The highest BCUT2D eigenvalue weighted by Gasteiger charge is 2.21. The molecule has 1 fully saturated rings. The first-order valence-electron chi connectivity index (χ1n) is 7.51. The summed E-state index contributed by atoms with van der Waals surface area (Å²) in [6, 6.07) is 6.49. The number of aryl methyl sites for hydroxylation is 1. The molecule has 1 aliphatic heterocycles. The molecule has 0 radical (unpaired) electrons. The predicted molar refractivity (Wildman–Crippen MR) is 90.9 cm³/mol. The Hall–Kier alpha value is -1.23. The van der Waals surface area contributed by atoms with Crippen LogP contribution in [-0.2, 0) is 0 Å². The quantitative estimate of drug-likeness (QED) is 0.905. The Labute approximate surface area is 135 Å². The molecule has 0 bridgehead atoms. The van der Waals surface area contributed by atoms with Crippen LogP contribution in [-0.4, -0.2) is 43.7 Å². The Kier molecular flexibility index (Phi) is 5.51. The van der Waals surface area contributed by atoms with Crippen molar-refractivity contribution in [1.82, 2.24) is 10.2 Å². The third kappa shape index (κ3) is 4.37. The third-order valence-electron chi connectivity index (χ3n) is 3.75. The standard InChI is InChI=1S/C16H24BrN3O/c1-12(2)11-18-16(21)20-8-6-19(7-9-20)14-5-4-13(3)15(17)10-14/h4-5,10,12H,6-9,11H2,1-3H3,(H,18,21). The lowest BCUT2D eigenvalue weighted by Gasteiger charge is -2.36. The number of amides is 2. The number of urea groups is 1. The van der Waals surface area contributed by atoms with Crippen LogP contribution in [0.5, 0.6) is 0 Å². The van der Waals surface area contributed by atoms with Gasteiger partial charge in [0, 0.05) is 42.9 Å². The van der Waals surface area contributed by atoms with Gasteiger partial charge in [0.2, 0.25) is 0 Å². The second-order valence-corrected chi connectivity index (χ2v) is 6.84. The first-order chi connectivity index (χ1) is 9.97. The Morgan fingerprint density at radius 1 is 1.29 bits per heavy atom. The average molecular weight is 354 g/mol. The van der Waals surface area contributed by atoms with Gasteiger partial charge in [-0.1, -0.05) is 35.8 Å². The summed E-state index contributed by atoms with van der Waals surface area (Å²) in [6.45, 7) is 10.3. The van der Waals surface area contributed by atoms with E-state index in [0.29, 0.717) is 5.92 Å². The SMILES string of the molecule is Cc1ccc(N2CCN(C(=O)NCC(C)C)CC2)cc1Br. The van der Waals surface area contributed by atoms with Crippen molar-refractivity contribution in [2.24, 2.45) is 5.92 Å². The highest BCUT2D eigenvalue weighted by atomic mass is 79.9. The molecule has 2 rings (SSSR count). The number of nitrogens with one attached hydrogen (secondary N) is 1. The largest absolute Gasteiger partial charge is 0.368 e. The van der Waals surface area contributed by atoms with E-state index >= 15 is 0 Å². The lowest BCUT2D eigenvalue weighted by Crippen LogP contribution is -2.52. The maximum absolute atomic E-state index is 12.0. The van der Waals surface area contributed by atoms with Gasteiger partial charge in [0.05, 0.1) is 0 Å². The van der Waals surface area contributed by atoms with E-state index in [0.717, 1.165) is 37.2 Å². The fourth-order valence-electron chi connectivity index (χ4n) is 2.35. The smallest absolute Gasteiger partial charge is 0.317 e. The van der Waals surface area contributed by atoms with Crippen LogP contribution in [0.3, 0.4) is 0 Å². The van der Waals surface area contributed by atoms with Gasteiger partial charge in [0.25, 0.3) is 0 Å². The highest BCUT2D eigenvalue weighted by Crippen LogP contribution is 2.24. The Balaban J connectivity index is 1.88. The normalized spacial score (nSPS) is 15.5. The van der Waals surface area contributed by atoms with Crippen molar-refractivity contribution in [2.45, 2.75) is 20.8 Å². The topological polar surface area (TPSA) is 35.6 Å². The minimum absolute atomic E-state index is 0.0634. The van der Waals surface area contributed by atoms with Crippen molar-refractivity contribution in [3.8, 4) is 0 Å². The first-order valence-corrected chi connectivity index (χ1v) is 8.30. The van der Waals surface area contributed by atoms with Gasteiger partial charge in [-0.2, -0.15) is 0 Å². The number of benzene rings is 1. The van der Waals surface area contributed by atoms with Crippen LogP contribution in [0.25, 0.3) is 0 Å². The van der Waals surface area contributed by atoms with Gasteiger partial charge in [-0.05, 0) is 30.5 Å². The zero-order valence-electron chi connectivity index (χ0n) is 13.0. The number of carbonyl (C=O) groups is 1. The van der Waals surface area contributed by atoms with Crippen molar-refractivity contribution >= 4 is 27.6 Å². The molecule has 2 amide bonds. The molecule has 1 N–H and O–H groups in total. The highest BCUT2D eigenvalue weighted by molar-refractivity contribution is 9.10. The van der Waals surface area contributed by atoms with Crippen LogP contribution >= 0.6 is 15.9 Å². The molecule has 1 aromatic carbocycles. The van der Waals surface area contributed by atoms with Crippen molar-refractivity contribution in [2.75, 3.05) is 37.6 Å². The second-order valence-electron chi connectivity index (χ2n) is 5.99. The van der Waals surface area contributed by atoms with Crippen molar-refractivity contribution in [3.05, 3.63) is 28.2 Å². The Bertz CT molecular complexity index is 496. The average Bonchev–Trinajstić information content (AvgIpc) is 2.48. The van der Waals surface area contributed by atoms with E-state index in [4.69, 9.17) is 0 Å². The van der Waals surface area contributed by atoms with Crippen LogP contribution < -0.4 is 10.2 Å². The molecule has 21 heavy (non-hydrogen) atoms. The molecule has 0 aliphatic carbocycles. The minimum Gasteiger partial charge on any atom is -0.368 e. The van der Waals surface area contributed by atoms with E-state index < -0.39 is 0 Å². The van der Waals surface area contributed by atoms with Gasteiger partial charge in [-0.3, -0.25) is 0 Å². The number of hydrogen-bond donors (Lipinski definition) is 1. The molecule has 1 aliphatic rings. The van der Waals surface area contributed by atoms with E-state index in [1.807, 2.05) is 4.90 Å². The number of halogens is 1. The lowest BCUT2D eigenvalue weighted by molar-refractivity contribution is 0.193. The van der Waals surface area contributed by atoms with E-state index in [1.54, 1.807) is 0 Å². The van der Waals surface area contributed by atoms with Gasteiger partial charge >= 0.3 is 6.03 Å². The molecule has 5 heteroatoms. The Morgan fingerprint density at radius 3 is 2.52 bits per heavy atom. The molecule has 1 saturated heterocycles. The molecular weight excluding hydrogens is 330 g/mol. The number of carbonyl (C=O) groups excluding carboxylic acids is 1. The summed E-state index contributed by atoms with van der Waals surface area (Å²) in [5.74, 6) is 0.486. The zero-order valence-corrected chi connectivity index (χ0v) is 14.6. The summed E-state index contributed by atoms with van der Waals surface area (Å²) in [4.78, 5) is 16.3. The van der Waals surface area contributed by atoms with E-state index in [2.05, 4.69) is 65.1 Å². The maximum Gasteiger partial charge on any atom is 0.317 e. The molecule has 0 atom stereocenters. The van der Waals surface area contributed by atoms with Crippen LogP contribution in [0.4, 0.5) is 10.5 Å². The molecule has 0 aromatic heterocycles. The number of nitrogens with zero attached hydrogens (tertiary/aromatic N) is 2. The van der Waals surface area contributed by atoms with Gasteiger partial charge in [-0.25, -0.2) is 4.79 Å². The third-order valence-corrected chi connectivity index (χ3v) is 4.60. The van der Waals surface area contributed by atoms with E-state index in [1.165, 1.54) is 11.3 Å². The Morgan fingerprint density at radius 2 is 1.95 bits per heavy atom. The van der Waals surface area contributed by atoms with Crippen molar-refractivity contribution in [3.63, 3.8) is 0 Å². The fraction of sp³-hybridized carbons (Fsp3) is 0.562. The van der Waals surface area contributed by atoms with E-state index in [-0.39, 0.29) is 6.03 Å². The summed E-state index contributed by atoms with van der Waals surface area (Å²) in [7, 11) is 0. The van der Waals surface area contributed by atoms with Crippen LogP contribution in [0.15, 0.2) is 22.7 Å². The van der Waals surface area contributed by atoms with E-state index in [9.17, 15) is 4.79 Å². The molecule has 0 spiro atoms. The van der Waals surface area contributed by atoms with Crippen LogP contribution in [0, 0.1) is 12.8 Å². The fourth-order valence-corrected chi connectivity index (χ4v) is 2.72. The van der Waals surface area contributed by atoms with Crippen molar-refractivity contribution in [1.29, 1.82) is 0 Å². The summed E-state index contributed by atoms with van der Waals surface area (Å²) < 4.78 is 1.14. The predicted octanol–water partition coefficient (Wildman–Crippen LogP) is 3.25. The first kappa shape index (κ1) is 16.1. The molecule has 1 heterocycles. The van der Waals surface area contributed by atoms with Crippen LogP contribution in [0.1, 0.15) is 19.4 Å². The molecule has 4 nitrogen and oxygen atoms in total. The summed E-state index contributed by atoms with van der Waals surface area (Å²) >= 11 is 3.58. The molecule has 0 saturated carbocycles. The molecule has 0 unspecified atom stereocenters. The number of rotatable bonds is 3.